The topological polar surface area (TPSA) is 46.2 Å². The van der Waals surface area contributed by atoms with Gasteiger partial charge in [-0.2, -0.15) is 8.78 Å². The van der Waals surface area contributed by atoms with Crippen molar-refractivity contribution < 1.29 is 17.8 Å². The summed E-state index contributed by atoms with van der Waals surface area (Å²) in [5.74, 6) is -3.22. The Balaban J connectivity index is 2.90. The predicted molar refractivity (Wildman–Crippen MR) is 52.2 cm³/mol. The number of carbonyl (C=O) groups excluding carboxylic acids is 1. The van der Waals surface area contributed by atoms with Crippen LogP contribution in [0.25, 0.3) is 0 Å². The lowest BCUT2D eigenvalue weighted by Gasteiger charge is -2.02. The summed E-state index contributed by atoms with van der Waals surface area (Å²) in [6.07, 6.45) is 0. The molecule has 0 bridgehead atoms. The van der Waals surface area contributed by atoms with Crippen LogP contribution in [0.4, 0.5) is 8.78 Å². The Morgan fingerprint density at radius 1 is 1.33 bits per heavy atom. The van der Waals surface area contributed by atoms with Crippen LogP contribution >= 0.6 is 0 Å². The number of nitrogens with one attached hydrogen (secondary N) is 1. The Labute approximate surface area is 87.9 Å². The minimum Gasteiger partial charge on any atom is -0.355 e. The summed E-state index contributed by atoms with van der Waals surface area (Å²) in [4.78, 5) is 11.1. The number of hydrogen-bond donors (Lipinski definition) is 1. The highest BCUT2D eigenvalue weighted by molar-refractivity contribution is 7.85. The third-order valence-electron chi connectivity index (χ3n) is 1.74. The van der Waals surface area contributed by atoms with Crippen LogP contribution in [0, 0.1) is 0 Å². The van der Waals surface area contributed by atoms with Gasteiger partial charge in [0.2, 0.25) is 0 Å². The molecule has 1 unspecified atom stereocenters. The Bertz CT molecular complexity index is 378. The van der Waals surface area contributed by atoms with E-state index >= 15 is 0 Å². The summed E-state index contributed by atoms with van der Waals surface area (Å²) in [5, 5.41) is 2.39. The van der Waals surface area contributed by atoms with E-state index in [1.165, 1.54) is 31.3 Å². The second kappa shape index (κ2) is 4.97. The highest BCUT2D eigenvalue weighted by atomic mass is 32.2. The van der Waals surface area contributed by atoms with Gasteiger partial charge in [-0.15, -0.1) is 0 Å². The van der Waals surface area contributed by atoms with Gasteiger partial charge in [0.25, 0.3) is 5.91 Å². The van der Waals surface area contributed by atoms with Gasteiger partial charge in [0.1, 0.15) is 10.8 Å². The molecule has 6 heteroatoms. The molecule has 0 aliphatic heterocycles. The molecule has 0 spiro atoms. The third kappa shape index (κ3) is 2.82. The molecule has 0 heterocycles. The molecule has 0 aliphatic rings. The molecule has 15 heavy (non-hydrogen) atoms. The largest absolute Gasteiger partial charge is 0.355 e. The van der Waals surface area contributed by atoms with Crippen LogP contribution in [-0.2, 0) is 10.8 Å². The molecule has 1 rings (SSSR count). The average molecular weight is 233 g/mol. The fourth-order valence-electron chi connectivity index (χ4n) is 0.988. The number of halogens is 2. The first-order valence-electron chi connectivity index (χ1n) is 4.07. The van der Waals surface area contributed by atoms with E-state index in [0.717, 1.165) is 0 Å². The number of benzene rings is 1. The van der Waals surface area contributed by atoms with E-state index in [1.54, 1.807) is 0 Å². The van der Waals surface area contributed by atoms with Crippen molar-refractivity contribution >= 4 is 16.7 Å². The van der Waals surface area contributed by atoms with Gasteiger partial charge in [-0.3, -0.25) is 4.79 Å². The fraction of sp³-hybridized carbons (Fsp3) is 0.222. The van der Waals surface area contributed by atoms with E-state index in [4.69, 9.17) is 0 Å². The Kier molecular flexibility index (Phi) is 3.90. The molecule has 0 aliphatic carbocycles. The summed E-state index contributed by atoms with van der Waals surface area (Å²) in [6, 6.07) is 5.22. The summed E-state index contributed by atoms with van der Waals surface area (Å²) in [6.45, 7) is 0. The molecule has 82 valence electrons. The molecule has 0 fully saturated rings. The summed E-state index contributed by atoms with van der Waals surface area (Å²) >= 11 is 0. The van der Waals surface area contributed by atoms with Crippen molar-refractivity contribution in [1.82, 2.24) is 5.32 Å². The first-order chi connectivity index (χ1) is 7.06. The number of amides is 1. The number of hydrogen-bond acceptors (Lipinski definition) is 2. The molecule has 0 aromatic heterocycles. The zero-order valence-corrected chi connectivity index (χ0v) is 8.68. The lowest BCUT2D eigenvalue weighted by atomic mass is 10.2. The highest BCUT2D eigenvalue weighted by Crippen LogP contribution is 2.14. The molecule has 0 radical (unpaired) electrons. The van der Waals surface area contributed by atoms with Gasteiger partial charge in [-0.1, -0.05) is 0 Å². The van der Waals surface area contributed by atoms with E-state index in [-0.39, 0.29) is 10.8 Å². The second-order valence-corrected chi connectivity index (χ2v) is 4.08. The smallest absolute Gasteiger partial charge is 0.316 e. The molecule has 1 aromatic carbocycles. The summed E-state index contributed by atoms with van der Waals surface area (Å²) in [7, 11) is -0.858. The zero-order chi connectivity index (χ0) is 11.4. The van der Waals surface area contributed by atoms with Gasteiger partial charge in [-0.25, -0.2) is 4.21 Å². The number of alkyl halides is 2. The minimum atomic E-state index is -2.91. The molecular formula is C9H9F2NO2S. The van der Waals surface area contributed by atoms with E-state index < -0.39 is 16.6 Å². The maximum absolute atomic E-state index is 12.1. The highest BCUT2D eigenvalue weighted by Gasteiger charge is 2.15. The standard InChI is InChI=1S/C9H9F2NO2S/c1-12-8(13)6-2-4-7(5-3-6)15(14)9(10)11/h2-5,9H,1H3,(H,12,13). The van der Waals surface area contributed by atoms with Crippen LogP contribution < -0.4 is 5.32 Å². The monoisotopic (exact) mass is 233 g/mol. The maximum atomic E-state index is 12.1. The number of carbonyl (C=O) groups is 1. The molecule has 1 N–H and O–H groups in total. The van der Waals surface area contributed by atoms with Crippen LogP contribution in [0.1, 0.15) is 10.4 Å². The lowest BCUT2D eigenvalue weighted by Crippen LogP contribution is -2.17. The second-order valence-electron chi connectivity index (χ2n) is 2.66. The SMILES string of the molecule is CNC(=O)c1ccc(S(=O)C(F)F)cc1. The fourth-order valence-corrected chi connectivity index (χ4v) is 1.60. The lowest BCUT2D eigenvalue weighted by molar-refractivity contribution is 0.0963. The van der Waals surface area contributed by atoms with Crippen LogP contribution in [0.2, 0.25) is 0 Å². The molecule has 0 saturated carbocycles. The number of rotatable bonds is 3. The van der Waals surface area contributed by atoms with Gasteiger partial charge in [0.15, 0.2) is 0 Å². The van der Waals surface area contributed by atoms with Crippen LogP contribution in [0.3, 0.4) is 0 Å². The molecule has 0 saturated heterocycles. The normalized spacial score (nSPS) is 12.5. The Morgan fingerprint density at radius 3 is 2.27 bits per heavy atom. The summed E-state index contributed by atoms with van der Waals surface area (Å²) in [5.41, 5.74) is 0.340. The van der Waals surface area contributed by atoms with Crippen molar-refractivity contribution in [2.75, 3.05) is 7.05 Å². The van der Waals surface area contributed by atoms with Crippen molar-refractivity contribution in [3.05, 3.63) is 29.8 Å². The minimum absolute atomic E-state index is 0.0117. The Hall–Kier alpha value is -1.30. The van der Waals surface area contributed by atoms with Crippen LogP contribution in [-0.4, -0.2) is 22.9 Å². The third-order valence-corrected chi connectivity index (χ3v) is 2.80. The van der Waals surface area contributed by atoms with Gasteiger partial charge in [0, 0.05) is 17.5 Å². The first kappa shape index (κ1) is 11.8. The van der Waals surface area contributed by atoms with Gasteiger partial charge < -0.3 is 5.32 Å². The van der Waals surface area contributed by atoms with Crippen molar-refractivity contribution in [3.63, 3.8) is 0 Å². The first-order valence-corrected chi connectivity index (χ1v) is 5.28. The van der Waals surface area contributed by atoms with Crippen molar-refractivity contribution in [3.8, 4) is 0 Å². The van der Waals surface area contributed by atoms with E-state index in [1.807, 2.05) is 0 Å². The molecule has 1 aromatic rings. The maximum Gasteiger partial charge on any atom is 0.316 e. The molecular weight excluding hydrogens is 224 g/mol. The van der Waals surface area contributed by atoms with Crippen LogP contribution in [0.5, 0.6) is 0 Å². The van der Waals surface area contributed by atoms with Crippen molar-refractivity contribution in [1.29, 1.82) is 0 Å². The average Bonchev–Trinajstić information content (AvgIpc) is 2.27. The zero-order valence-electron chi connectivity index (χ0n) is 7.87. The predicted octanol–water partition coefficient (Wildman–Crippen LogP) is 1.38. The van der Waals surface area contributed by atoms with Crippen molar-refractivity contribution in [2.45, 2.75) is 10.7 Å². The molecule has 1 atom stereocenters. The van der Waals surface area contributed by atoms with Gasteiger partial charge in [0.05, 0.1) is 0 Å². The Morgan fingerprint density at radius 2 is 1.87 bits per heavy atom. The molecule has 1 amide bonds. The summed E-state index contributed by atoms with van der Waals surface area (Å²) < 4.78 is 35.1. The van der Waals surface area contributed by atoms with E-state index in [9.17, 15) is 17.8 Å². The van der Waals surface area contributed by atoms with Crippen LogP contribution in [0.15, 0.2) is 29.2 Å². The van der Waals surface area contributed by atoms with Crippen molar-refractivity contribution in [2.24, 2.45) is 0 Å². The quantitative estimate of drug-likeness (QED) is 0.857. The van der Waals surface area contributed by atoms with E-state index in [2.05, 4.69) is 5.32 Å². The van der Waals surface area contributed by atoms with E-state index in [0.29, 0.717) is 5.56 Å². The molecule has 3 nitrogen and oxygen atoms in total. The van der Waals surface area contributed by atoms with Gasteiger partial charge in [-0.05, 0) is 24.3 Å². The van der Waals surface area contributed by atoms with Gasteiger partial charge >= 0.3 is 5.76 Å².